The molecule has 5 nitrogen and oxygen atoms in total. The molecule has 156 valence electrons. The molecule has 28 heavy (non-hydrogen) atoms. The Morgan fingerprint density at radius 3 is 2.57 bits per heavy atom. The lowest BCUT2D eigenvalue weighted by Gasteiger charge is -2.35. The van der Waals surface area contributed by atoms with Gasteiger partial charge in [0.15, 0.2) is 0 Å². The Kier molecular flexibility index (Phi) is 8.31. The van der Waals surface area contributed by atoms with Gasteiger partial charge >= 0.3 is 0 Å². The molecule has 1 aliphatic heterocycles. The predicted molar refractivity (Wildman–Crippen MR) is 115 cm³/mol. The van der Waals surface area contributed by atoms with Gasteiger partial charge in [-0.05, 0) is 36.8 Å². The van der Waals surface area contributed by atoms with Crippen molar-refractivity contribution >= 4 is 11.6 Å². The highest BCUT2D eigenvalue weighted by atomic mass is 16.5. The number of hydrogen-bond acceptors (Lipinski definition) is 4. The maximum Gasteiger partial charge on any atom is 0.238 e. The van der Waals surface area contributed by atoms with E-state index in [1.54, 1.807) is 0 Å². The fraction of sp³-hybridized carbons (Fsp3) is 0.696. The lowest BCUT2D eigenvalue weighted by molar-refractivity contribution is -0.117. The van der Waals surface area contributed by atoms with Crippen molar-refractivity contribution < 1.29 is 9.53 Å². The van der Waals surface area contributed by atoms with E-state index >= 15 is 0 Å². The number of para-hydroxylation sites is 1. The number of amides is 1. The first-order valence-corrected chi connectivity index (χ1v) is 11.1. The monoisotopic (exact) mass is 387 g/mol. The van der Waals surface area contributed by atoms with Gasteiger partial charge in [-0.25, -0.2) is 0 Å². The smallest absolute Gasteiger partial charge is 0.238 e. The van der Waals surface area contributed by atoms with Crippen LogP contribution in [0.1, 0.15) is 45.1 Å². The maximum absolute atomic E-state index is 12.4. The average molecular weight is 388 g/mol. The number of piperazine rings is 1. The van der Waals surface area contributed by atoms with Crippen LogP contribution in [0, 0.1) is 5.92 Å². The third-order valence-electron chi connectivity index (χ3n) is 6.28. The van der Waals surface area contributed by atoms with Gasteiger partial charge in [-0.2, -0.15) is 0 Å². The van der Waals surface area contributed by atoms with Gasteiger partial charge in [-0.3, -0.25) is 14.6 Å². The fourth-order valence-corrected chi connectivity index (χ4v) is 4.38. The molecule has 1 aromatic carbocycles. The summed E-state index contributed by atoms with van der Waals surface area (Å²) in [6.45, 7) is 10.7. The highest BCUT2D eigenvalue weighted by Gasteiger charge is 2.23. The standard InChI is InChI=1S/C23H37N3O2/c1-3-20-9-5-6-10-21(20)24-23(27)18-26-14-12-25(13-15-26)16-17-28-22-11-7-4-8-19(22)2/h5-6,9-10,19,22H,3-4,7-8,11-18H2,1-2H3,(H,24,27)/t19-,22-/m0/s1. The Balaban J connectivity index is 1.33. The van der Waals surface area contributed by atoms with Gasteiger partial charge in [0.2, 0.25) is 5.91 Å². The van der Waals surface area contributed by atoms with Crippen molar-refractivity contribution in [2.24, 2.45) is 5.92 Å². The predicted octanol–water partition coefficient (Wildman–Crippen LogP) is 3.40. The summed E-state index contributed by atoms with van der Waals surface area (Å²) in [5.74, 6) is 0.797. The van der Waals surface area contributed by atoms with Gasteiger partial charge in [0.05, 0.1) is 19.3 Å². The highest BCUT2D eigenvalue weighted by molar-refractivity contribution is 5.93. The van der Waals surface area contributed by atoms with Crippen LogP contribution in [-0.2, 0) is 16.0 Å². The molecular formula is C23H37N3O2. The molecular weight excluding hydrogens is 350 g/mol. The van der Waals surface area contributed by atoms with Crippen molar-refractivity contribution in [3.05, 3.63) is 29.8 Å². The van der Waals surface area contributed by atoms with Gasteiger partial charge < -0.3 is 10.1 Å². The quantitative estimate of drug-likeness (QED) is 0.743. The highest BCUT2D eigenvalue weighted by Crippen LogP contribution is 2.26. The Morgan fingerprint density at radius 1 is 1.11 bits per heavy atom. The fourth-order valence-electron chi connectivity index (χ4n) is 4.38. The zero-order valence-electron chi connectivity index (χ0n) is 17.7. The second kappa shape index (κ2) is 10.9. The first-order chi connectivity index (χ1) is 13.7. The van der Waals surface area contributed by atoms with Gasteiger partial charge in [0.25, 0.3) is 0 Å². The van der Waals surface area contributed by atoms with Crippen molar-refractivity contribution in [3.63, 3.8) is 0 Å². The van der Waals surface area contributed by atoms with Crippen molar-refractivity contribution in [1.82, 2.24) is 9.80 Å². The number of benzene rings is 1. The van der Waals surface area contributed by atoms with Gasteiger partial charge in [-0.1, -0.05) is 44.9 Å². The molecule has 2 fully saturated rings. The van der Waals surface area contributed by atoms with Crippen molar-refractivity contribution in [2.75, 3.05) is 51.2 Å². The number of ether oxygens (including phenoxy) is 1. The number of anilines is 1. The zero-order valence-corrected chi connectivity index (χ0v) is 17.7. The number of nitrogens with one attached hydrogen (secondary N) is 1. The molecule has 1 N–H and O–H groups in total. The van der Waals surface area contributed by atoms with E-state index in [9.17, 15) is 4.79 Å². The second-order valence-corrected chi connectivity index (χ2v) is 8.35. The summed E-state index contributed by atoms with van der Waals surface area (Å²) < 4.78 is 6.16. The molecule has 1 aliphatic carbocycles. The van der Waals surface area contributed by atoms with Crippen LogP contribution in [0.25, 0.3) is 0 Å². The lowest BCUT2D eigenvalue weighted by Crippen LogP contribution is -2.49. The van der Waals surface area contributed by atoms with E-state index in [2.05, 4.69) is 35.0 Å². The molecule has 0 radical (unpaired) electrons. The minimum atomic E-state index is 0.0870. The molecule has 5 heteroatoms. The third-order valence-corrected chi connectivity index (χ3v) is 6.28. The van der Waals surface area contributed by atoms with E-state index in [0.717, 1.165) is 51.4 Å². The molecule has 2 aliphatic rings. The van der Waals surface area contributed by atoms with Crippen LogP contribution in [0.4, 0.5) is 5.69 Å². The SMILES string of the molecule is CCc1ccccc1NC(=O)CN1CCN(CCO[C@H]2CCCC[C@@H]2C)CC1. The average Bonchev–Trinajstić information content (AvgIpc) is 2.71. The lowest BCUT2D eigenvalue weighted by atomic mass is 9.88. The van der Waals surface area contributed by atoms with E-state index < -0.39 is 0 Å². The topological polar surface area (TPSA) is 44.8 Å². The molecule has 1 saturated carbocycles. The van der Waals surface area contributed by atoms with Gasteiger partial charge in [-0.15, -0.1) is 0 Å². The van der Waals surface area contributed by atoms with Crippen molar-refractivity contribution in [1.29, 1.82) is 0 Å². The Bertz CT molecular complexity index is 614. The minimum Gasteiger partial charge on any atom is -0.377 e. The van der Waals surface area contributed by atoms with Crippen LogP contribution in [-0.4, -0.2) is 67.7 Å². The van der Waals surface area contributed by atoms with Crippen LogP contribution in [0.15, 0.2) is 24.3 Å². The Hall–Kier alpha value is -1.43. The van der Waals surface area contributed by atoms with Gasteiger partial charge in [0.1, 0.15) is 0 Å². The summed E-state index contributed by atoms with van der Waals surface area (Å²) in [6.07, 6.45) is 6.61. The van der Waals surface area contributed by atoms with E-state index in [0.29, 0.717) is 18.6 Å². The molecule has 1 saturated heterocycles. The van der Waals surface area contributed by atoms with Crippen LogP contribution in [0.3, 0.4) is 0 Å². The molecule has 2 atom stereocenters. The maximum atomic E-state index is 12.4. The summed E-state index contributed by atoms with van der Waals surface area (Å²) in [6, 6.07) is 8.06. The molecule has 0 unspecified atom stereocenters. The third kappa shape index (κ3) is 6.29. The molecule has 0 aromatic heterocycles. The molecule has 0 bridgehead atoms. The normalized spacial score (nSPS) is 24.2. The number of carbonyl (C=O) groups is 1. The van der Waals surface area contributed by atoms with Crippen LogP contribution < -0.4 is 5.32 Å². The number of rotatable bonds is 8. The van der Waals surface area contributed by atoms with E-state index in [4.69, 9.17) is 4.74 Å². The largest absolute Gasteiger partial charge is 0.377 e. The number of carbonyl (C=O) groups excluding carboxylic acids is 1. The zero-order chi connectivity index (χ0) is 19.8. The Morgan fingerprint density at radius 2 is 1.82 bits per heavy atom. The van der Waals surface area contributed by atoms with Crippen LogP contribution >= 0.6 is 0 Å². The molecule has 3 rings (SSSR count). The number of hydrogen-bond donors (Lipinski definition) is 1. The summed E-state index contributed by atoms with van der Waals surface area (Å²) >= 11 is 0. The molecule has 0 spiro atoms. The second-order valence-electron chi connectivity index (χ2n) is 8.35. The number of aryl methyl sites for hydroxylation is 1. The molecule has 1 amide bonds. The summed E-state index contributed by atoms with van der Waals surface area (Å²) in [5, 5.41) is 3.08. The first-order valence-electron chi connectivity index (χ1n) is 11.1. The first kappa shape index (κ1) is 21.3. The minimum absolute atomic E-state index is 0.0870. The van der Waals surface area contributed by atoms with E-state index in [1.807, 2.05) is 18.2 Å². The molecule has 1 aromatic rings. The van der Waals surface area contributed by atoms with Gasteiger partial charge in [0, 0.05) is 38.4 Å². The van der Waals surface area contributed by atoms with Crippen molar-refractivity contribution in [2.45, 2.75) is 52.1 Å². The van der Waals surface area contributed by atoms with E-state index in [1.165, 1.54) is 31.2 Å². The van der Waals surface area contributed by atoms with Crippen LogP contribution in [0.5, 0.6) is 0 Å². The van der Waals surface area contributed by atoms with E-state index in [-0.39, 0.29) is 5.91 Å². The number of nitrogens with zero attached hydrogens (tertiary/aromatic N) is 2. The summed E-state index contributed by atoms with van der Waals surface area (Å²) in [7, 11) is 0. The Labute approximate surface area is 170 Å². The summed E-state index contributed by atoms with van der Waals surface area (Å²) in [4.78, 5) is 17.1. The summed E-state index contributed by atoms with van der Waals surface area (Å²) in [5.41, 5.74) is 2.13. The van der Waals surface area contributed by atoms with Crippen molar-refractivity contribution in [3.8, 4) is 0 Å². The molecule has 1 heterocycles. The van der Waals surface area contributed by atoms with Crippen LogP contribution in [0.2, 0.25) is 0 Å².